The number of benzene rings is 3. The molecule has 0 fully saturated rings. The summed E-state index contributed by atoms with van der Waals surface area (Å²) in [5, 5.41) is 3.83. The van der Waals surface area contributed by atoms with Crippen LogP contribution in [-0.2, 0) is 0 Å². The van der Waals surface area contributed by atoms with Crippen LogP contribution in [0.25, 0.3) is 0 Å². The van der Waals surface area contributed by atoms with Gasteiger partial charge in [0.05, 0.1) is 11.4 Å². The van der Waals surface area contributed by atoms with Crippen molar-refractivity contribution >= 4 is 35.2 Å². The Kier molecular flexibility index (Phi) is 3.89. The lowest BCUT2D eigenvalue weighted by Crippen LogP contribution is -2.21. The number of hydrogen-bond donors (Lipinski definition) is 2. The highest BCUT2D eigenvalue weighted by Crippen LogP contribution is 2.33. The molecule has 3 rings (SSSR count). The fourth-order valence-corrected chi connectivity index (χ4v) is 4.63. The maximum Gasteiger partial charge on any atom is 0.0554 e. The summed E-state index contributed by atoms with van der Waals surface area (Å²) in [6, 6.07) is 27.1. The number of hydrogen-bond acceptors (Lipinski definition) is 2. The molecule has 3 aromatic rings. The van der Waals surface area contributed by atoms with Gasteiger partial charge in [-0.3, -0.25) is 0 Å². The van der Waals surface area contributed by atoms with Crippen molar-refractivity contribution < 1.29 is 0 Å². The first-order valence-corrected chi connectivity index (χ1v) is 8.15. The van der Waals surface area contributed by atoms with Crippen molar-refractivity contribution in [2.24, 2.45) is 0 Å². The van der Waals surface area contributed by atoms with E-state index >= 15 is 0 Å². The molecule has 3 heteroatoms. The third-order valence-corrected chi connectivity index (χ3v) is 5.78. The summed E-state index contributed by atoms with van der Waals surface area (Å²) in [6.07, 6.45) is 0. The van der Waals surface area contributed by atoms with Crippen LogP contribution in [0.5, 0.6) is 0 Å². The van der Waals surface area contributed by atoms with Crippen molar-refractivity contribution in [2.75, 3.05) is 11.5 Å². The second-order valence-electron chi connectivity index (χ2n) is 4.82. The van der Waals surface area contributed by atoms with Crippen LogP contribution in [0.2, 0.25) is 0 Å². The molecule has 0 saturated carbocycles. The van der Waals surface area contributed by atoms with E-state index in [9.17, 15) is 0 Å². The van der Waals surface area contributed by atoms with Gasteiger partial charge in [-0.05, 0) is 36.0 Å². The van der Waals surface area contributed by atoms with Crippen LogP contribution >= 0.6 is 7.92 Å². The molecule has 0 amide bonds. The maximum atomic E-state index is 6.00. The van der Waals surface area contributed by atoms with E-state index in [1.165, 1.54) is 15.9 Å². The van der Waals surface area contributed by atoms with E-state index in [-0.39, 0.29) is 0 Å². The topological polar surface area (TPSA) is 52.0 Å². The number of nitrogen functional groups attached to an aromatic ring is 2. The maximum absolute atomic E-state index is 6.00. The highest BCUT2D eigenvalue weighted by Gasteiger charge is 2.16. The molecule has 0 radical (unpaired) electrons. The quantitative estimate of drug-likeness (QED) is 0.576. The predicted molar refractivity (Wildman–Crippen MR) is 94.0 cm³/mol. The van der Waals surface area contributed by atoms with Gasteiger partial charge in [-0.1, -0.05) is 66.7 Å². The number of anilines is 2. The van der Waals surface area contributed by atoms with E-state index in [4.69, 9.17) is 11.5 Å². The largest absolute Gasteiger partial charge is 0.397 e. The minimum atomic E-state index is -0.610. The molecule has 0 saturated heterocycles. The number of rotatable bonds is 3. The van der Waals surface area contributed by atoms with E-state index < -0.39 is 7.92 Å². The Balaban J connectivity index is 2.14. The first kappa shape index (κ1) is 13.7. The Hall–Kier alpha value is -2.31. The SMILES string of the molecule is Nc1ccc(P(c2ccccc2)c2ccccc2)cc1N. The summed E-state index contributed by atoms with van der Waals surface area (Å²) >= 11 is 0. The van der Waals surface area contributed by atoms with Crippen molar-refractivity contribution in [3.63, 3.8) is 0 Å². The minimum absolute atomic E-state index is 0.610. The van der Waals surface area contributed by atoms with Gasteiger partial charge in [-0.15, -0.1) is 0 Å². The van der Waals surface area contributed by atoms with Crippen molar-refractivity contribution in [1.82, 2.24) is 0 Å². The third-order valence-electron chi connectivity index (χ3n) is 3.36. The molecule has 0 aliphatic carbocycles. The molecule has 0 aromatic heterocycles. The normalized spacial score (nSPS) is 10.7. The molecule has 0 atom stereocenters. The average Bonchev–Trinajstić information content (AvgIpc) is 2.53. The van der Waals surface area contributed by atoms with Crippen molar-refractivity contribution in [1.29, 1.82) is 0 Å². The highest BCUT2D eigenvalue weighted by atomic mass is 31.1. The van der Waals surface area contributed by atoms with E-state index in [1.54, 1.807) is 0 Å². The predicted octanol–water partition coefficient (Wildman–Crippen LogP) is 2.61. The van der Waals surface area contributed by atoms with Crippen LogP contribution in [0.3, 0.4) is 0 Å². The van der Waals surface area contributed by atoms with Crippen molar-refractivity contribution in [3.8, 4) is 0 Å². The molecule has 3 aromatic carbocycles. The zero-order chi connectivity index (χ0) is 14.7. The Labute approximate surface area is 126 Å². The van der Waals surface area contributed by atoms with E-state index in [1.807, 2.05) is 24.3 Å². The van der Waals surface area contributed by atoms with Gasteiger partial charge in [0.25, 0.3) is 0 Å². The molecule has 0 aliphatic heterocycles. The first-order chi connectivity index (χ1) is 10.3. The smallest absolute Gasteiger partial charge is 0.0554 e. The Morgan fingerprint density at radius 1 is 0.524 bits per heavy atom. The van der Waals surface area contributed by atoms with E-state index in [0.717, 1.165) is 0 Å². The second-order valence-corrected chi connectivity index (χ2v) is 7.04. The molecule has 0 heterocycles. The van der Waals surface area contributed by atoms with Gasteiger partial charge in [-0.2, -0.15) is 0 Å². The Bertz CT molecular complexity index is 687. The average molecular weight is 292 g/mol. The van der Waals surface area contributed by atoms with Crippen molar-refractivity contribution in [2.45, 2.75) is 0 Å². The molecule has 104 valence electrons. The lowest BCUT2D eigenvalue weighted by molar-refractivity contribution is 1.69. The summed E-state index contributed by atoms with van der Waals surface area (Å²) in [5.41, 5.74) is 13.1. The Morgan fingerprint density at radius 2 is 1.05 bits per heavy atom. The lowest BCUT2D eigenvalue weighted by atomic mass is 10.3. The summed E-state index contributed by atoms with van der Waals surface area (Å²) in [6.45, 7) is 0. The van der Waals surface area contributed by atoms with Gasteiger partial charge in [0.1, 0.15) is 0 Å². The van der Waals surface area contributed by atoms with Gasteiger partial charge >= 0.3 is 0 Å². The summed E-state index contributed by atoms with van der Waals surface area (Å²) in [7, 11) is -0.610. The van der Waals surface area contributed by atoms with E-state index in [2.05, 4.69) is 54.6 Å². The number of nitrogens with two attached hydrogens (primary N) is 2. The third kappa shape index (κ3) is 2.91. The molecule has 0 bridgehead atoms. The van der Waals surface area contributed by atoms with Crippen LogP contribution < -0.4 is 27.4 Å². The van der Waals surface area contributed by atoms with Crippen molar-refractivity contribution in [3.05, 3.63) is 78.9 Å². The molecular formula is C18H17N2P. The highest BCUT2D eigenvalue weighted by molar-refractivity contribution is 7.79. The van der Waals surface area contributed by atoms with Gasteiger partial charge < -0.3 is 11.5 Å². The van der Waals surface area contributed by atoms with Crippen LogP contribution in [0.15, 0.2) is 78.9 Å². The van der Waals surface area contributed by atoms with Gasteiger partial charge in [0, 0.05) is 0 Å². The van der Waals surface area contributed by atoms with Crippen LogP contribution in [0.4, 0.5) is 11.4 Å². The lowest BCUT2D eigenvalue weighted by Gasteiger charge is -2.20. The van der Waals surface area contributed by atoms with Crippen LogP contribution in [0.1, 0.15) is 0 Å². The molecule has 0 unspecified atom stereocenters. The fraction of sp³-hybridized carbons (Fsp3) is 0. The zero-order valence-electron chi connectivity index (χ0n) is 11.6. The van der Waals surface area contributed by atoms with E-state index in [0.29, 0.717) is 11.4 Å². The van der Waals surface area contributed by atoms with Crippen LogP contribution in [0, 0.1) is 0 Å². The zero-order valence-corrected chi connectivity index (χ0v) is 12.5. The molecular weight excluding hydrogens is 275 g/mol. The standard InChI is InChI=1S/C18H17N2P/c19-17-12-11-16(13-18(17)20)21(14-7-3-1-4-8-14)15-9-5-2-6-10-15/h1-13H,19-20H2. The summed E-state index contributed by atoms with van der Waals surface area (Å²) in [5.74, 6) is 0. The molecule has 0 aliphatic rings. The molecule has 21 heavy (non-hydrogen) atoms. The second kappa shape index (κ2) is 5.99. The van der Waals surface area contributed by atoms with Gasteiger partial charge in [0.15, 0.2) is 0 Å². The fourth-order valence-electron chi connectivity index (χ4n) is 2.30. The first-order valence-electron chi connectivity index (χ1n) is 6.81. The molecule has 0 spiro atoms. The van der Waals surface area contributed by atoms with Gasteiger partial charge in [-0.25, -0.2) is 0 Å². The summed E-state index contributed by atoms with van der Waals surface area (Å²) < 4.78 is 0. The molecule has 4 N–H and O–H groups in total. The van der Waals surface area contributed by atoms with Gasteiger partial charge in [0.2, 0.25) is 0 Å². The Morgan fingerprint density at radius 3 is 1.52 bits per heavy atom. The van der Waals surface area contributed by atoms with Crippen LogP contribution in [-0.4, -0.2) is 0 Å². The molecule has 2 nitrogen and oxygen atoms in total. The minimum Gasteiger partial charge on any atom is -0.397 e. The monoisotopic (exact) mass is 292 g/mol. The summed E-state index contributed by atoms with van der Waals surface area (Å²) in [4.78, 5) is 0.